The van der Waals surface area contributed by atoms with Crippen LogP contribution in [0.1, 0.15) is 23.0 Å². The van der Waals surface area contributed by atoms with E-state index in [-0.39, 0.29) is 11.9 Å². The molecule has 0 fully saturated rings. The van der Waals surface area contributed by atoms with Gasteiger partial charge in [-0.2, -0.15) is 0 Å². The Balaban J connectivity index is 2.26. The topological polar surface area (TPSA) is 37.8 Å². The molecule has 0 saturated carbocycles. The van der Waals surface area contributed by atoms with Crippen molar-refractivity contribution in [3.63, 3.8) is 0 Å². The van der Waals surface area contributed by atoms with Gasteiger partial charge in [0.25, 0.3) is 0 Å². The smallest absolute Gasteiger partial charge is 0.127 e. The highest BCUT2D eigenvalue weighted by molar-refractivity contribution is 6.31. The molecule has 0 aliphatic rings. The Hall–Kier alpha value is -1.52. The minimum absolute atomic E-state index is 0.123. The fraction of sp³-hybridized carbons (Fsp3) is 0.286. The predicted molar refractivity (Wildman–Crippen MR) is 73.7 cm³/mol. The molecule has 2 aromatic rings. The normalized spacial score (nSPS) is 12.4. The van der Waals surface area contributed by atoms with Gasteiger partial charge in [-0.05, 0) is 32.5 Å². The number of aryl methyl sites for hydroxylation is 1. The summed E-state index contributed by atoms with van der Waals surface area (Å²) in [6, 6.07) is 4.58. The van der Waals surface area contributed by atoms with Crippen molar-refractivity contribution in [1.82, 2.24) is 15.3 Å². The number of likely N-dealkylation sites (N-methyl/N-ethyl adjacent to an activating group) is 1. The van der Waals surface area contributed by atoms with Crippen molar-refractivity contribution in [3.05, 3.63) is 58.4 Å². The number of halogens is 2. The van der Waals surface area contributed by atoms with E-state index >= 15 is 0 Å². The van der Waals surface area contributed by atoms with Crippen LogP contribution in [-0.4, -0.2) is 17.0 Å². The first kappa shape index (κ1) is 13.9. The van der Waals surface area contributed by atoms with Crippen molar-refractivity contribution in [3.8, 4) is 0 Å². The van der Waals surface area contributed by atoms with Crippen molar-refractivity contribution >= 4 is 11.6 Å². The molecule has 0 aliphatic heterocycles. The Morgan fingerprint density at radius 2 is 2.11 bits per heavy atom. The molecule has 1 atom stereocenters. The molecule has 5 heteroatoms. The van der Waals surface area contributed by atoms with E-state index in [2.05, 4.69) is 15.3 Å². The van der Waals surface area contributed by atoms with E-state index in [1.165, 1.54) is 6.07 Å². The van der Waals surface area contributed by atoms with Crippen LogP contribution in [0.25, 0.3) is 0 Å². The van der Waals surface area contributed by atoms with Gasteiger partial charge in [0.15, 0.2) is 0 Å². The predicted octanol–water partition coefficient (Wildman–Crippen LogP) is 3.08. The summed E-state index contributed by atoms with van der Waals surface area (Å²) in [7, 11) is 1.81. The van der Waals surface area contributed by atoms with Crippen molar-refractivity contribution in [1.29, 1.82) is 0 Å². The zero-order valence-electron chi connectivity index (χ0n) is 10.8. The van der Waals surface area contributed by atoms with Gasteiger partial charge < -0.3 is 5.32 Å². The van der Waals surface area contributed by atoms with Crippen LogP contribution < -0.4 is 5.32 Å². The van der Waals surface area contributed by atoms with Gasteiger partial charge in [0.1, 0.15) is 5.82 Å². The first-order chi connectivity index (χ1) is 9.11. The molecule has 3 nitrogen and oxygen atoms in total. The van der Waals surface area contributed by atoms with E-state index in [9.17, 15) is 4.39 Å². The first-order valence-corrected chi connectivity index (χ1v) is 6.38. The summed E-state index contributed by atoms with van der Waals surface area (Å²) in [5, 5.41) is 3.54. The van der Waals surface area contributed by atoms with E-state index in [1.807, 2.05) is 6.92 Å². The highest BCUT2D eigenvalue weighted by atomic mass is 35.5. The van der Waals surface area contributed by atoms with Crippen LogP contribution in [-0.2, 0) is 6.42 Å². The van der Waals surface area contributed by atoms with Gasteiger partial charge in [0.2, 0.25) is 0 Å². The SMILES string of the molecule is CNC(Cc1c(F)cccc1Cl)c1cnc(C)cn1. The molecule has 0 aliphatic carbocycles. The molecule has 1 heterocycles. The Labute approximate surface area is 116 Å². The summed E-state index contributed by atoms with van der Waals surface area (Å²) in [6.45, 7) is 1.87. The van der Waals surface area contributed by atoms with Crippen molar-refractivity contribution in [2.75, 3.05) is 7.05 Å². The van der Waals surface area contributed by atoms with Gasteiger partial charge in [-0.1, -0.05) is 17.7 Å². The number of benzene rings is 1. The van der Waals surface area contributed by atoms with Crippen LogP contribution >= 0.6 is 11.6 Å². The second-order valence-electron chi connectivity index (χ2n) is 4.33. The Bertz CT molecular complexity index is 537. The molecule has 0 bridgehead atoms. The molecule has 100 valence electrons. The van der Waals surface area contributed by atoms with Crippen LogP contribution in [0.2, 0.25) is 5.02 Å². The molecule has 1 N–H and O–H groups in total. The van der Waals surface area contributed by atoms with Crippen LogP contribution in [0.4, 0.5) is 4.39 Å². The largest absolute Gasteiger partial charge is 0.311 e. The highest BCUT2D eigenvalue weighted by Gasteiger charge is 2.16. The second kappa shape index (κ2) is 6.08. The fourth-order valence-electron chi connectivity index (χ4n) is 1.87. The molecule has 0 radical (unpaired) electrons. The third-order valence-electron chi connectivity index (χ3n) is 2.98. The van der Waals surface area contributed by atoms with Gasteiger partial charge in [0, 0.05) is 16.8 Å². The number of hydrogen-bond acceptors (Lipinski definition) is 3. The van der Waals surface area contributed by atoms with E-state index in [1.54, 1.807) is 31.6 Å². The minimum Gasteiger partial charge on any atom is -0.311 e. The lowest BCUT2D eigenvalue weighted by Crippen LogP contribution is -2.21. The van der Waals surface area contributed by atoms with Gasteiger partial charge in [0.05, 0.1) is 23.6 Å². The molecule has 1 aromatic carbocycles. The summed E-state index contributed by atoms with van der Waals surface area (Å²) >= 11 is 6.04. The maximum Gasteiger partial charge on any atom is 0.127 e. The van der Waals surface area contributed by atoms with Crippen LogP contribution in [0.15, 0.2) is 30.6 Å². The summed E-state index contributed by atoms with van der Waals surface area (Å²) < 4.78 is 13.8. The van der Waals surface area contributed by atoms with Gasteiger partial charge in [-0.25, -0.2) is 4.39 Å². The highest BCUT2D eigenvalue weighted by Crippen LogP contribution is 2.24. The Kier molecular flexibility index (Phi) is 4.45. The molecule has 19 heavy (non-hydrogen) atoms. The van der Waals surface area contributed by atoms with E-state index < -0.39 is 0 Å². The quantitative estimate of drug-likeness (QED) is 0.935. The average molecular weight is 280 g/mol. The minimum atomic E-state index is -0.298. The summed E-state index contributed by atoms with van der Waals surface area (Å²) in [4.78, 5) is 8.52. The monoisotopic (exact) mass is 279 g/mol. The molecule has 0 amide bonds. The summed E-state index contributed by atoms with van der Waals surface area (Å²) in [5.74, 6) is -0.298. The van der Waals surface area contributed by atoms with Crippen molar-refractivity contribution in [2.24, 2.45) is 0 Å². The van der Waals surface area contributed by atoms with Gasteiger partial charge in [-0.15, -0.1) is 0 Å². The Morgan fingerprint density at radius 1 is 1.32 bits per heavy atom. The maximum absolute atomic E-state index is 13.8. The molecular formula is C14H15ClFN3. The van der Waals surface area contributed by atoms with E-state index in [0.29, 0.717) is 17.0 Å². The van der Waals surface area contributed by atoms with E-state index in [0.717, 1.165) is 11.4 Å². The van der Waals surface area contributed by atoms with Crippen LogP contribution in [0.5, 0.6) is 0 Å². The van der Waals surface area contributed by atoms with Gasteiger partial charge >= 0.3 is 0 Å². The molecular weight excluding hydrogens is 265 g/mol. The second-order valence-corrected chi connectivity index (χ2v) is 4.74. The first-order valence-electron chi connectivity index (χ1n) is 6.00. The number of aromatic nitrogens is 2. The standard InChI is InChI=1S/C14H15ClFN3/c1-9-7-19-14(8-18-9)13(17-2)6-10-11(15)4-3-5-12(10)16/h3-5,7-8,13,17H,6H2,1-2H3. The third kappa shape index (κ3) is 3.28. The number of hydrogen-bond donors (Lipinski definition) is 1. The summed E-state index contributed by atoms with van der Waals surface area (Å²) in [5.41, 5.74) is 2.11. The number of rotatable bonds is 4. The molecule has 0 spiro atoms. The fourth-order valence-corrected chi connectivity index (χ4v) is 2.11. The third-order valence-corrected chi connectivity index (χ3v) is 3.33. The molecule has 0 saturated heterocycles. The lowest BCUT2D eigenvalue weighted by atomic mass is 10.0. The summed E-state index contributed by atoms with van der Waals surface area (Å²) in [6.07, 6.45) is 3.83. The molecule has 1 unspecified atom stereocenters. The van der Waals surface area contributed by atoms with Gasteiger partial charge in [-0.3, -0.25) is 9.97 Å². The maximum atomic E-state index is 13.8. The van der Waals surface area contributed by atoms with Crippen molar-refractivity contribution < 1.29 is 4.39 Å². The molecule has 2 rings (SSSR count). The van der Waals surface area contributed by atoms with E-state index in [4.69, 9.17) is 11.6 Å². The number of nitrogens with zero attached hydrogens (tertiary/aromatic N) is 2. The van der Waals surface area contributed by atoms with Crippen LogP contribution in [0, 0.1) is 12.7 Å². The van der Waals surface area contributed by atoms with Crippen molar-refractivity contribution in [2.45, 2.75) is 19.4 Å². The Morgan fingerprint density at radius 3 is 2.68 bits per heavy atom. The lowest BCUT2D eigenvalue weighted by molar-refractivity contribution is 0.543. The average Bonchev–Trinajstić information content (AvgIpc) is 2.40. The molecule has 1 aromatic heterocycles. The zero-order valence-corrected chi connectivity index (χ0v) is 11.6. The lowest BCUT2D eigenvalue weighted by Gasteiger charge is -2.16. The van der Waals surface area contributed by atoms with Crippen LogP contribution in [0.3, 0.4) is 0 Å². The zero-order chi connectivity index (χ0) is 13.8. The number of nitrogens with one attached hydrogen (secondary N) is 1.